The minimum atomic E-state index is -9.85. The van der Waals surface area contributed by atoms with Gasteiger partial charge in [0.1, 0.15) is 5.60 Å². The SMILES string of the molecule is C#CCCCCOC(C/C(=C/S(F)(F)(F)(F)F)CCCCO)(c1ccccc1)c1ccccc1. The van der Waals surface area contributed by atoms with Crippen LogP contribution >= 0.6 is 10.2 Å². The first-order valence-electron chi connectivity index (χ1n) is 11.1. The second kappa shape index (κ2) is 10.9. The quantitative estimate of drug-likeness (QED) is 0.159. The minimum Gasteiger partial charge on any atom is -0.396 e. The Kier molecular flexibility index (Phi) is 8.98. The van der Waals surface area contributed by atoms with Gasteiger partial charge < -0.3 is 9.84 Å². The topological polar surface area (TPSA) is 29.5 Å². The number of terminal acetylenes is 1. The maximum Gasteiger partial charge on any atom is 0.304 e. The average molecular weight is 503 g/mol. The molecule has 0 atom stereocenters. The molecule has 34 heavy (non-hydrogen) atoms. The number of ether oxygens (including phenoxy) is 1. The zero-order chi connectivity index (χ0) is 25.2. The summed E-state index contributed by atoms with van der Waals surface area (Å²) in [6, 6.07) is 17.3. The highest BCUT2D eigenvalue weighted by Gasteiger charge is 2.61. The van der Waals surface area contributed by atoms with E-state index in [1.165, 1.54) is 0 Å². The average Bonchev–Trinajstić information content (AvgIpc) is 2.77. The van der Waals surface area contributed by atoms with E-state index in [4.69, 9.17) is 16.3 Å². The molecule has 8 heteroatoms. The molecule has 2 aromatic carbocycles. The summed E-state index contributed by atoms with van der Waals surface area (Å²) in [6.07, 6.45) is 6.75. The maximum atomic E-state index is 13.6. The standard InChI is InChI=1S/C26H31F5O2S/c1-2-3-4-13-20-33-26(24-15-7-5-8-16-24,25-17-9-6-10-18-25)21-23(14-11-12-19-32)22-34(27,28,29,30)31/h1,5-10,15-18,22,32H,3-4,11-14,19-21H2/b23-22+. The van der Waals surface area contributed by atoms with Gasteiger partial charge in [0.2, 0.25) is 0 Å². The van der Waals surface area contributed by atoms with Crippen molar-refractivity contribution in [2.45, 2.75) is 50.5 Å². The molecule has 2 rings (SSSR count). The zero-order valence-corrected chi connectivity index (χ0v) is 19.8. The first-order valence-corrected chi connectivity index (χ1v) is 13.1. The summed E-state index contributed by atoms with van der Waals surface area (Å²) < 4.78 is 74.1. The van der Waals surface area contributed by atoms with Gasteiger partial charge in [-0.15, -0.1) is 12.3 Å². The molecule has 0 spiro atoms. The Balaban J connectivity index is 2.61. The van der Waals surface area contributed by atoms with E-state index in [2.05, 4.69) is 5.92 Å². The maximum absolute atomic E-state index is 13.6. The third-order valence-corrected chi connectivity index (χ3v) is 6.09. The summed E-state index contributed by atoms with van der Waals surface area (Å²) >= 11 is 0. The Morgan fingerprint density at radius 1 is 0.882 bits per heavy atom. The summed E-state index contributed by atoms with van der Waals surface area (Å²) in [4.78, 5) is 0. The lowest BCUT2D eigenvalue weighted by Gasteiger charge is -2.40. The van der Waals surface area contributed by atoms with Crippen LogP contribution in [-0.2, 0) is 10.3 Å². The fourth-order valence-electron chi connectivity index (χ4n) is 3.87. The van der Waals surface area contributed by atoms with Crippen LogP contribution in [0.3, 0.4) is 0 Å². The molecule has 0 bridgehead atoms. The van der Waals surface area contributed by atoms with E-state index in [9.17, 15) is 19.4 Å². The molecule has 1 N–H and O–H groups in total. The fraction of sp³-hybridized carbons (Fsp3) is 0.385. The third-order valence-electron chi connectivity index (χ3n) is 5.32. The van der Waals surface area contributed by atoms with Crippen LogP contribution in [0, 0.1) is 12.3 Å². The largest absolute Gasteiger partial charge is 0.396 e. The van der Waals surface area contributed by atoms with Crippen LogP contribution < -0.4 is 0 Å². The van der Waals surface area contributed by atoms with Gasteiger partial charge in [-0.3, -0.25) is 0 Å². The van der Waals surface area contributed by atoms with Gasteiger partial charge in [-0.25, -0.2) is 0 Å². The number of benzene rings is 2. The van der Waals surface area contributed by atoms with E-state index in [1.807, 2.05) is 0 Å². The fourth-order valence-corrected chi connectivity index (χ4v) is 4.70. The van der Waals surface area contributed by atoms with Crippen molar-refractivity contribution in [1.82, 2.24) is 0 Å². The van der Waals surface area contributed by atoms with E-state index in [-0.39, 0.29) is 32.5 Å². The molecule has 0 unspecified atom stereocenters. The number of aliphatic hydroxyl groups excluding tert-OH is 1. The van der Waals surface area contributed by atoms with Crippen LogP contribution in [0.4, 0.5) is 19.4 Å². The smallest absolute Gasteiger partial charge is 0.304 e. The molecule has 0 aliphatic carbocycles. The number of unbranched alkanes of at least 4 members (excludes halogenated alkanes) is 3. The molecule has 0 saturated heterocycles. The van der Waals surface area contributed by atoms with Crippen molar-refractivity contribution in [2.24, 2.45) is 0 Å². The van der Waals surface area contributed by atoms with E-state index in [1.54, 1.807) is 60.7 Å². The van der Waals surface area contributed by atoms with E-state index < -0.39 is 33.2 Å². The predicted molar refractivity (Wildman–Crippen MR) is 129 cm³/mol. The van der Waals surface area contributed by atoms with Crippen molar-refractivity contribution in [1.29, 1.82) is 0 Å². The highest BCUT2D eigenvalue weighted by atomic mass is 32.5. The van der Waals surface area contributed by atoms with Crippen LogP contribution in [0.5, 0.6) is 0 Å². The van der Waals surface area contributed by atoms with Crippen molar-refractivity contribution in [2.75, 3.05) is 13.2 Å². The molecule has 0 saturated carbocycles. The van der Waals surface area contributed by atoms with Crippen molar-refractivity contribution in [3.8, 4) is 12.3 Å². The Labute approximate surface area is 198 Å². The summed E-state index contributed by atoms with van der Waals surface area (Å²) in [5.41, 5.74) is -0.752. The molecule has 0 heterocycles. The number of halogens is 5. The molecule has 0 radical (unpaired) electrons. The molecule has 0 aromatic heterocycles. The summed E-state index contributed by atoms with van der Waals surface area (Å²) in [5, 5.41) is 8.29. The van der Waals surface area contributed by atoms with Gasteiger partial charge in [-0.05, 0) is 43.2 Å². The van der Waals surface area contributed by atoms with E-state index >= 15 is 0 Å². The first-order chi connectivity index (χ1) is 15.9. The molecule has 2 nitrogen and oxygen atoms in total. The number of rotatable bonds is 14. The predicted octanol–water partition coefficient (Wildman–Crippen LogP) is 8.49. The number of hydrogen-bond donors (Lipinski definition) is 1. The van der Waals surface area contributed by atoms with E-state index in [0.29, 0.717) is 30.4 Å². The molecular formula is C26H31F5O2S. The van der Waals surface area contributed by atoms with Crippen LogP contribution in [0.2, 0.25) is 0 Å². The lowest BCUT2D eigenvalue weighted by molar-refractivity contribution is -0.0205. The molecule has 0 aliphatic rings. The van der Waals surface area contributed by atoms with Gasteiger partial charge in [0, 0.05) is 26.1 Å². The Bertz CT molecular complexity index is 929. The molecule has 188 valence electrons. The monoisotopic (exact) mass is 502 g/mol. The molecule has 0 amide bonds. The zero-order valence-electron chi connectivity index (χ0n) is 18.9. The lowest BCUT2D eigenvalue weighted by Crippen LogP contribution is -2.33. The second-order valence-electron chi connectivity index (χ2n) is 8.23. The highest BCUT2D eigenvalue weighted by molar-refractivity contribution is 8.48. The first kappa shape index (κ1) is 27.9. The van der Waals surface area contributed by atoms with Crippen LogP contribution in [0.15, 0.2) is 71.6 Å². The molecule has 2 aromatic rings. The van der Waals surface area contributed by atoms with Gasteiger partial charge in [0.05, 0.1) is 5.41 Å². The molecule has 0 fully saturated rings. The van der Waals surface area contributed by atoms with Crippen LogP contribution in [0.25, 0.3) is 0 Å². The van der Waals surface area contributed by atoms with Crippen LogP contribution in [0.1, 0.15) is 56.1 Å². The Hall–Kier alpha value is -2.34. The Morgan fingerprint density at radius 3 is 1.91 bits per heavy atom. The molecule has 0 aliphatic heterocycles. The summed E-state index contributed by atoms with van der Waals surface area (Å²) in [7, 11) is -9.85. The third kappa shape index (κ3) is 9.49. The summed E-state index contributed by atoms with van der Waals surface area (Å²) in [5.74, 6) is 2.53. The van der Waals surface area contributed by atoms with Crippen LogP contribution in [-0.4, -0.2) is 18.3 Å². The van der Waals surface area contributed by atoms with Gasteiger partial charge in [0.15, 0.2) is 0 Å². The van der Waals surface area contributed by atoms with Crippen molar-refractivity contribution in [3.63, 3.8) is 0 Å². The van der Waals surface area contributed by atoms with Gasteiger partial charge in [-0.2, -0.15) is 0 Å². The van der Waals surface area contributed by atoms with Gasteiger partial charge >= 0.3 is 10.2 Å². The Morgan fingerprint density at radius 2 is 1.44 bits per heavy atom. The second-order valence-corrected chi connectivity index (χ2v) is 10.5. The van der Waals surface area contributed by atoms with Crippen molar-refractivity contribution in [3.05, 3.63) is 82.8 Å². The van der Waals surface area contributed by atoms with Crippen molar-refractivity contribution < 1.29 is 29.3 Å². The van der Waals surface area contributed by atoms with Gasteiger partial charge in [0.25, 0.3) is 0 Å². The van der Waals surface area contributed by atoms with E-state index in [0.717, 1.165) is 0 Å². The summed E-state index contributed by atoms with van der Waals surface area (Å²) in [6.45, 7) is -0.0519. The lowest BCUT2D eigenvalue weighted by atomic mass is 9.80. The van der Waals surface area contributed by atoms with Crippen molar-refractivity contribution >= 4 is 10.2 Å². The number of hydrogen-bond acceptors (Lipinski definition) is 2. The normalized spacial score (nSPS) is 14.8. The molecular weight excluding hydrogens is 471 g/mol. The minimum absolute atomic E-state index is 0.137. The van der Waals surface area contributed by atoms with Gasteiger partial charge in [-0.1, -0.05) is 85.7 Å². The number of aliphatic hydroxyl groups is 1. The highest BCUT2D eigenvalue weighted by Crippen LogP contribution is 2.99.